The molecule has 0 bridgehead atoms. The Morgan fingerprint density at radius 2 is 2.17 bits per heavy atom. The molecule has 3 rings (SSSR count). The van der Waals surface area contributed by atoms with Crippen LogP contribution < -0.4 is 15.5 Å². The molecule has 2 aromatic rings. The van der Waals surface area contributed by atoms with Gasteiger partial charge in [0.05, 0.1) is 24.1 Å². The quantitative estimate of drug-likeness (QED) is 0.890. The molecule has 0 spiro atoms. The van der Waals surface area contributed by atoms with Gasteiger partial charge in [-0.15, -0.1) is 11.3 Å². The number of nitrogens with zero attached hydrogens (tertiary/aromatic N) is 3. The molecule has 2 aromatic heterocycles. The molecule has 0 saturated heterocycles. The van der Waals surface area contributed by atoms with E-state index in [-0.39, 0.29) is 11.9 Å². The molecule has 8 heteroatoms. The molecule has 1 aliphatic carbocycles. The van der Waals surface area contributed by atoms with Gasteiger partial charge in [0, 0.05) is 18.8 Å². The van der Waals surface area contributed by atoms with E-state index in [2.05, 4.69) is 20.6 Å². The largest absolute Gasteiger partial charge is 0.331 e. The third-order valence-electron chi connectivity index (χ3n) is 3.86. The van der Waals surface area contributed by atoms with Crippen molar-refractivity contribution in [3.8, 4) is 0 Å². The van der Waals surface area contributed by atoms with Gasteiger partial charge in [-0.1, -0.05) is 0 Å². The maximum absolute atomic E-state index is 12.0. The van der Waals surface area contributed by atoms with Crippen LogP contribution in [0.4, 0.5) is 16.3 Å². The Hall–Kier alpha value is -2.48. The molecule has 1 aliphatic rings. The van der Waals surface area contributed by atoms with Gasteiger partial charge in [-0.25, -0.2) is 14.8 Å². The van der Waals surface area contributed by atoms with Crippen LogP contribution in [-0.4, -0.2) is 29.0 Å². The average molecular weight is 345 g/mol. The number of carbonyl (C=O) groups excluding carboxylic acids is 2. The Morgan fingerprint density at radius 1 is 1.33 bits per heavy atom. The summed E-state index contributed by atoms with van der Waals surface area (Å²) in [6.07, 6.45) is 4.85. The lowest BCUT2D eigenvalue weighted by molar-refractivity contribution is -0.116. The fourth-order valence-corrected chi connectivity index (χ4v) is 3.57. The second-order valence-electron chi connectivity index (χ2n) is 5.62. The monoisotopic (exact) mass is 345 g/mol. The van der Waals surface area contributed by atoms with Crippen LogP contribution in [0.3, 0.4) is 0 Å². The maximum atomic E-state index is 12.0. The van der Waals surface area contributed by atoms with Crippen LogP contribution in [0.25, 0.3) is 0 Å². The van der Waals surface area contributed by atoms with Gasteiger partial charge in [-0.05, 0) is 31.4 Å². The zero-order chi connectivity index (χ0) is 17.1. The Labute approximate surface area is 144 Å². The number of aromatic nitrogens is 2. The van der Waals surface area contributed by atoms with Crippen molar-refractivity contribution in [2.24, 2.45) is 0 Å². The van der Waals surface area contributed by atoms with Gasteiger partial charge < -0.3 is 15.5 Å². The lowest BCUT2D eigenvalue weighted by Crippen LogP contribution is -2.28. The minimum atomic E-state index is -0.306. The summed E-state index contributed by atoms with van der Waals surface area (Å²) in [5.41, 5.74) is 1.75. The molecule has 126 valence electrons. The summed E-state index contributed by atoms with van der Waals surface area (Å²) in [7, 11) is 1.65. The molecule has 3 amide bonds. The minimum Gasteiger partial charge on any atom is -0.331 e. The van der Waals surface area contributed by atoms with E-state index in [9.17, 15) is 9.59 Å². The molecule has 0 saturated carbocycles. The first-order valence-corrected chi connectivity index (χ1v) is 8.57. The van der Waals surface area contributed by atoms with E-state index in [1.54, 1.807) is 30.5 Å². The van der Waals surface area contributed by atoms with E-state index >= 15 is 0 Å². The predicted molar refractivity (Wildman–Crippen MR) is 93.3 cm³/mol. The summed E-state index contributed by atoms with van der Waals surface area (Å²) in [5.74, 6) is 0.432. The van der Waals surface area contributed by atoms with Gasteiger partial charge in [-0.2, -0.15) is 0 Å². The van der Waals surface area contributed by atoms with Crippen LogP contribution in [0.1, 0.15) is 28.9 Å². The number of anilines is 2. The number of amides is 3. The summed E-state index contributed by atoms with van der Waals surface area (Å²) in [6.45, 7) is 1.89. The fraction of sp³-hybridized carbons (Fsp3) is 0.375. The highest BCUT2D eigenvalue weighted by molar-refractivity contribution is 7.11. The molecule has 0 radical (unpaired) electrons. The molecule has 0 atom stereocenters. The van der Waals surface area contributed by atoms with Crippen molar-refractivity contribution in [3.05, 3.63) is 33.9 Å². The first kappa shape index (κ1) is 16.4. The topological polar surface area (TPSA) is 87.2 Å². The molecule has 0 unspecified atom stereocenters. The van der Waals surface area contributed by atoms with Gasteiger partial charge in [0.1, 0.15) is 10.8 Å². The standard InChI is InChI=1S/C16H19N5O2S/c1-10(22)21(2)14-7-6-11(8-17-14)19-16(23)18-9-15-20-12-4-3-5-13(12)24-15/h6-8H,3-5,9H2,1-2H3,(H2,18,19,23). The van der Waals surface area contributed by atoms with Crippen LogP contribution in [0, 0.1) is 0 Å². The number of carbonyl (C=O) groups is 2. The van der Waals surface area contributed by atoms with Crippen molar-refractivity contribution in [1.29, 1.82) is 0 Å². The lowest BCUT2D eigenvalue weighted by atomic mass is 10.4. The van der Waals surface area contributed by atoms with Crippen molar-refractivity contribution < 1.29 is 9.59 Å². The number of aryl methyl sites for hydroxylation is 2. The van der Waals surface area contributed by atoms with Crippen LogP contribution in [-0.2, 0) is 24.2 Å². The van der Waals surface area contributed by atoms with Crippen LogP contribution in [0.5, 0.6) is 0 Å². The molecular formula is C16H19N5O2S. The van der Waals surface area contributed by atoms with E-state index in [0.717, 1.165) is 17.8 Å². The summed E-state index contributed by atoms with van der Waals surface area (Å²) in [6, 6.07) is 3.08. The first-order valence-electron chi connectivity index (χ1n) is 7.75. The lowest BCUT2D eigenvalue weighted by Gasteiger charge is -2.14. The highest BCUT2D eigenvalue weighted by Crippen LogP contribution is 2.27. The third-order valence-corrected chi connectivity index (χ3v) is 5.02. The number of fused-ring (bicyclic) bond motifs is 1. The molecule has 2 N–H and O–H groups in total. The average Bonchev–Trinajstić information content (AvgIpc) is 3.14. The summed E-state index contributed by atoms with van der Waals surface area (Å²) < 4.78 is 0. The number of hydrogen-bond donors (Lipinski definition) is 2. The molecule has 0 aromatic carbocycles. The van der Waals surface area contributed by atoms with Crippen LogP contribution >= 0.6 is 11.3 Å². The van der Waals surface area contributed by atoms with E-state index in [1.807, 2.05) is 0 Å². The van der Waals surface area contributed by atoms with Crippen molar-refractivity contribution >= 4 is 34.8 Å². The fourth-order valence-electron chi connectivity index (χ4n) is 2.47. The van der Waals surface area contributed by atoms with Crippen LogP contribution in [0.15, 0.2) is 18.3 Å². The Bertz CT molecular complexity index is 735. The maximum Gasteiger partial charge on any atom is 0.319 e. The van der Waals surface area contributed by atoms with Gasteiger partial charge in [0.25, 0.3) is 0 Å². The molecule has 0 aliphatic heterocycles. The molecule has 2 heterocycles. The predicted octanol–water partition coefficient (Wildman–Crippen LogP) is 2.33. The van der Waals surface area contributed by atoms with Gasteiger partial charge in [0.2, 0.25) is 5.91 Å². The molecular weight excluding hydrogens is 326 g/mol. The summed E-state index contributed by atoms with van der Waals surface area (Å²) in [5, 5.41) is 6.45. The molecule has 24 heavy (non-hydrogen) atoms. The van der Waals surface area contributed by atoms with Crippen molar-refractivity contribution in [1.82, 2.24) is 15.3 Å². The summed E-state index contributed by atoms with van der Waals surface area (Å²) in [4.78, 5) is 34.7. The van der Waals surface area contributed by atoms with E-state index in [4.69, 9.17) is 0 Å². The zero-order valence-corrected chi connectivity index (χ0v) is 14.4. The minimum absolute atomic E-state index is 0.101. The highest BCUT2D eigenvalue weighted by atomic mass is 32.1. The molecule has 0 fully saturated rings. The zero-order valence-electron chi connectivity index (χ0n) is 13.6. The highest BCUT2D eigenvalue weighted by Gasteiger charge is 2.16. The SMILES string of the molecule is CC(=O)N(C)c1ccc(NC(=O)NCc2nc3c(s2)CCC3)cn1. The second-order valence-corrected chi connectivity index (χ2v) is 6.79. The third kappa shape index (κ3) is 3.70. The van der Waals surface area contributed by atoms with E-state index in [0.29, 0.717) is 18.1 Å². The van der Waals surface area contributed by atoms with Crippen molar-refractivity contribution in [3.63, 3.8) is 0 Å². The summed E-state index contributed by atoms with van der Waals surface area (Å²) >= 11 is 1.67. The number of thiazole rings is 1. The van der Waals surface area contributed by atoms with E-state index in [1.165, 1.54) is 35.0 Å². The number of pyridine rings is 1. The second kappa shape index (κ2) is 6.96. The Kier molecular flexibility index (Phi) is 4.75. The number of urea groups is 1. The smallest absolute Gasteiger partial charge is 0.319 e. The number of rotatable bonds is 4. The van der Waals surface area contributed by atoms with Crippen molar-refractivity contribution in [2.45, 2.75) is 32.7 Å². The number of nitrogens with one attached hydrogen (secondary N) is 2. The van der Waals surface area contributed by atoms with Gasteiger partial charge in [0.15, 0.2) is 0 Å². The molecule has 7 nitrogen and oxygen atoms in total. The number of hydrogen-bond acceptors (Lipinski definition) is 5. The first-order chi connectivity index (χ1) is 11.5. The van der Waals surface area contributed by atoms with Gasteiger partial charge >= 0.3 is 6.03 Å². The van der Waals surface area contributed by atoms with E-state index < -0.39 is 0 Å². The normalized spacial score (nSPS) is 12.6. The van der Waals surface area contributed by atoms with Crippen molar-refractivity contribution in [2.75, 3.05) is 17.3 Å². The Morgan fingerprint density at radius 3 is 2.83 bits per heavy atom. The Balaban J connectivity index is 1.51. The van der Waals surface area contributed by atoms with Gasteiger partial charge in [-0.3, -0.25) is 4.79 Å². The van der Waals surface area contributed by atoms with Crippen LogP contribution in [0.2, 0.25) is 0 Å².